The molecule has 0 bridgehead atoms. The molecule has 2 atom stereocenters. The number of halogens is 2. The third kappa shape index (κ3) is 7.50. The van der Waals surface area contributed by atoms with Gasteiger partial charge in [0.25, 0.3) is 11.8 Å². The SMILES string of the molecule is C#N.CC1CCC(C(=O)Nc2ccnc(C(N)=O)c2)O1.Fc1cccc(OC2CCC2)c1F. The number of anilines is 1. The van der Waals surface area contributed by atoms with Crippen LogP contribution in [0.25, 0.3) is 0 Å². The van der Waals surface area contributed by atoms with Gasteiger partial charge in [-0.2, -0.15) is 4.39 Å². The van der Waals surface area contributed by atoms with Gasteiger partial charge >= 0.3 is 0 Å². The number of aromatic nitrogens is 1. The molecule has 33 heavy (non-hydrogen) atoms. The summed E-state index contributed by atoms with van der Waals surface area (Å²) < 4.78 is 36.4. The molecule has 176 valence electrons. The molecule has 1 aliphatic heterocycles. The second-order valence-corrected chi connectivity index (χ2v) is 7.52. The Bertz CT molecular complexity index is 982. The fourth-order valence-electron chi connectivity index (χ4n) is 3.10. The van der Waals surface area contributed by atoms with Crippen molar-refractivity contribution in [1.29, 1.82) is 5.26 Å². The van der Waals surface area contributed by atoms with E-state index in [0.29, 0.717) is 12.1 Å². The van der Waals surface area contributed by atoms with Gasteiger partial charge in [0.15, 0.2) is 11.6 Å². The fraction of sp³-hybridized carbons (Fsp3) is 0.391. The van der Waals surface area contributed by atoms with Crippen molar-refractivity contribution >= 4 is 17.5 Å². The number of nitrogens with two attached hydrogens (primary N) is 1. The molecule has 3 N–H and O–H groups in total. The molecule has 8 nitrogen and oxygen atoms in total. The van der Waals surface area contributed by atoms with Gasteiger partial charge < -0.3 is 20.5 Å². The van der Waals surface area contributed by atoms with E-state index in [9.17, 15) is 18.4 Å². The third-order valence-corrected chi connectivity index (χ3v) is 5.07. The van der Waals surface area contributed by atoms with Gasteiger partial charge in [0, 0.05) is 18.5 Å². The van der Waals surface area contributed by atoms with Crippen LogP contribution in [0, 0.1) is 23.5 Å². The maximum Gasteiger partial charge on any atom is 0.267 e. The maximum absolute atomic E-state index is 13.0. The van der Waals surface area contributed by atoms with Gasteiger partial charge in [-0.1, -0.05) is 6.07 Å². The van der Waals surface area contributed by atoms with Crippen LogP contribution >= 0.6 is 0 Å². The van der Waals surface area contributed by atoms with Crippen molar-refractivity contribution < 1.29 is 27.8 Å². The number of hydrogen-bond acceptors (Lipinski definition) is 6. The summed E-state index contributed by atoms with van der Waals surface area (Å²) in [5, 5.41) is 9.19. The second-order valence-electron chi connectivity index (χ2n) is 7.52. The molecule has 10 heteroatoms. The number of nitrogens with one attached hydrogen (secondary N) is 1. The second kappa shape index (κ2) is 12.5. The van der Waals surface area contributed by atoms with Crippen LogP contribution in [0.4, 0.5) is 14.5 Å². The lowest BCUT2D eigenvalue weighted by Crippen LogP contribution is -2.28. The van der Waals surface area contributed by atoms with Crippen LogP contribution in [0.15, 0.2) is 36.5 Å². The van der Waals surface area contributed by atoms with Crippen molar-refractivity contribution in [1.82, 2.24) is 4.98 Å². The van der Waals surface area contributed by atoms with Crippen LogP contribution < -0.4 is 15.8 Å². The van der Waals surface area contributed by atoms with E-state index in [1.165, 1.54) is 24.4 Å². The lowest BCUT2D eigenvalue weighted by atomic mass is 9.96. The number of primary amides is 1. The van der Waals surface area contributed by atoms with Crippen molar-refractivity contribution in [2.75, 3.05) is 5.32 Å². The Balaban J connectivity index is 0.000000227. The van der Waals surface area contributed by atoms with Crippen LogP contribution in [0.1, 0.15) is 49.5 Å². The first-order valence-corrected chi connectivity index (χ1v) is 10.4. The Hall–Kier alpha value is -3.58. The standard InChI is InChI=1S/C12H15N3O3.C10H10F2O.CHN/c1-7-2-3-10(18-7)12(17)15-8-4-5-14-9(6-8)11(13)16;11-8-5-2-6-9(10(8)12)13-7-3-1-4-7;1-2/h4-7,10H,2-3H2,1H3,(H2,13,16)(H,14,15,17);2,5-7H,1,3-4H2;1H. The number of amides is 2. The number of nitrogens with zero attached hydrogens (tertiary/aromatic N) is 2. The number of benzene rings is 1. The number of pyridine rings is 1. The fourth-order valence-corrected chi connectivity index (χ4v) is 3.10. The highest BCUT2D eigenvalue weighted by Crippen LogP contribution is 2.27. The normalized spacial score (nSPS) is 19.1. The summed E-state index contributed by atoms with van der Waals surface area (Å²) in [6.07, 6.45) is 5.77. The van der Waals surface area contributed by atoms with E-state index in [0.717, 1.165) is 31.7 Å². The molecule has 0 radical (unpaired) electrons. The van der Waals surface area contributed by atoms with E-state index >= 15 is 0 Å². The molecule has 2 aromatic rings. The number of ether oxygens (including phenoxy) is 2. The lowest BCUT2D eigenvalue weighted by molar-refractivity contribution is -0.126. The Kier molecular flexibility index (Phi) is 9.69. The highest BCUT2D eigenvalue weighted by atomic mass is 19.2. The first-order chi connectivity index (χ1) is 15.8. The average molecular weight is 460 g/mol. The molecular weight excluding hydrogens is 434 g/mol. The predicted octanol–water partition coefficient (Wildman–Crippen LogP) is 3.72. The maximum atomic E-state index is 13.0. The lowest BCUT2D eigenvalue weighted by Gasteiger charge is -2.26. The van der Waals surface area contributed by atoms with Gasteiger partial charge in [-0.25, -0.2) is 9.65 Å². The number of rotatable bonds is 5. The molecule has 1 saturated carbocycles. The zero-order chi connectivity index (χ0) is 24.4. The van der Waals surface area contributed by atoms with Crippen LogP contribution in [0.5, 0.6) is 5.75 Å². The third-order valence-electron chi connectivity index (χ3n) is 5.07. The Morgan fingerprint density at radius 1 is 1.21 bits per heavy atom. The molecule has 2 aliphatic rings. The summed E-state index contributed by atoms with van der Waals surface area (Å²) in [5.74, 6) is -2.53. The number of nitriles is 1. The van der Waals surface area contributed by atoms with Crippen molar-refractivity contribution in [3.05, 3.63) is 53.9 Å². The van der Waals surface area contributed by atoms with E-state index in [-0.39, 0.29) is 29.6 Å². The van der Waals surface area contributed by atoms with E-state index in [1.54, 1.807) is 6.07 Å². The smallest absolute Gasteiger partial charge is 0.267 e. The van der Waals surface area contributed by atoms with Gasteiger partial charge in [0.2, 0.25) is 5.82 Å². The van der Waals surface area contributed by atoms with Gasteiger partial charge in [-0.15, -0.1) is 0 Å². The zero-order valence-corrected chi connectivity index (χ0v) is 18.2. The topological polar surface area (TPSA) is 127 Å². The molecule has 1 aliphatic carbocycles. The first-order valence-electron chi connectivity index (χ1n) is 10.4. The van der Waals surface area contributed by atoms with E-state index < -0.39 is 23.6 Å². The van der Waals surface area contributed by atoms with Crippen molar-refractivity contribution in [3.8, 4) is 12.3 Å². The van der Waals surface area contributed by atoms with Gasteiger partial charge in [-0.3, -0.25) is 14.6 Å². The van der Waals surface area contributed by atoms with E-state index in [4.69, 9.17) is 20.5 Å². The van der Waals surface area contributed by atoms with Crippen LogP contribution in [-0.4, -0.2) is 35.1 Å². The highest BCUT2D eigenvalue weighted by molar-refractivity contribution is 5.96. The summed E-state index contributed by atoms with van der Waals surface area (Å²) in [4.78, 5) is 26.6. The zero-order valence-electron chi connectivity index (χ0n) is 18.2. The quantitative estimate of drug-likeness (QED) is 0.700. The minimum absolute atomic E-state index is 0.0321. The summed E-state index contributed by atoms with van der Waals surface area (Å²) in [6, 6.07) is 7.04. The molecule has 2 amide bonds. The van der Waals surface area contributed by atoms with Gasteiger partial charge in [0.1, 0.15) is 11.8 Å². The molecule has 2 fully saturated rings. The predicted molar refractivity (Wildman–Crippen MR) is 116 cm³/mol. The molecule has 1 aromatic carbocycles. The van der Waals surface area contributed by atoms with Crippen molar-refractivity contribution in [2.24, 2.45) is 5.73 Å². The molecule has 1 saturated heterocycles. The summed E-state index contributed by atoms with van der Waals surface area (Å²) in [5.41, 5.74) is 5.73. The monoisotopic (exact) mass is 460 g/mol. The minimum atomic E-state index is -0.880. The highest BCUT2D eigenvalue weighted by Gasteiger charge is 2.28. The number of carbonyl (C=O) groups is 2. The van der Waals surface area contributed by atoms with Crippen LogP contribution in [0.3, 0.4) is 0 Å². The number of carbonyl (C=O) groups excluding carboxylic acids is 2. The summed E-state index contributed by atoms with van der Waals surface area (Å²) in [6.45, 7) is 5.44. The Labute approximate surface area is 190 Å². The van der Waals surface area contributed by atoms with Gasteiger partial charge in [-0.05, 0) is 63.3 Å². The molecule has 2 heterocycles. The Morgan fingerprint density at radius 3 is 2.52 bits per heavy atom. The molecular formula is C23H26F2N4O4. The largest absolute Gasteiger partial charge is 0.487 e. The first kappa shape index (κ1) is 25.7. The molecule has 0 spiro atoms. The molecule has 1 aromatic heterocycles. The summed E-state index contributed by atoms with van der Waals surface area (Å²) >= 11 is 0. The van der Waals surface area contributed by atoms with Crippen LogP contribution in [0.2, 0.25) is 0 Å². The van der Waals surface area contributed by atoms with Crippen molar-refractivity contribution in [2.45, 2.75) is 57.3 Å². The summed E-state index contributed by atoms with van der Waals surface area (Å²) in [7, 11) is 0. The van der Waals surface area contributed by atoms with Crippen LogP contribution in [-0.2, 0) is 9.53 Å². The Morgan fingerprint density at radius 2 is 1.94 bits per heavy atom. The minimum Gasteiger partial charge on any atom is -0.487 e. The van der Waals surface area contributed by atoms with E-state index in [2.05, 4.69) is 16.9 Å². The number of hydrogen-bond donors (Lipinski definition) is 2. The molecule has 4 rings (SSSR count). The van der Waals surface area contributed by atoms with Gasteiger partial charge in [0.05, 0.1) is 12.2 Å². The molecule has 2 unspecified atom stereocenters. The van der Waals surface area contributed by atoms with E-state index in [1.807, 2.05) is 6.92 Å². The average Bonchev–Trinajstić information content (AvgIpc) is 3.22. The van der Waals surface area contributed by atoms with Crippen molar-refractivity contribution in [3.63, 3.8) is 0 Å².